The third kappa shape index (κ3) is 3.42. The summed E-state index contributed by atoms with van der Waals surface area (Å²) in [5.41, 5.74) is 9.56. The van der Waals surface area contributed by atoms with Gasteiger partial charge in [-0.15, -0.1) is 11.5 Å². The van der Waals surface area contributed by atoms with Crippen LogP contribution in [0.3, 0.4) is 0 Å². The highest BCUT2D eigenvalue weighted by Crippen LogP contribution is 2.40. The summed E-state index contributed by atoms with van der Waals surface area (Å²) in [7, 11) is -1.65. The minimum Gasteiger partial charge on any atom is -0.256 e. The van der Waals surface area contributed by atoms with E-state index in [9.17, 15) is 0 Å². The molecule has 0 N–H and O–H groups in total. The second-order valence-corrected chi connectivity index (χ2v) is 13.4. The first-order chi connectivity index (χ1) is 11.3. The SMILES string of the molecule is Cc1ccc2cccnc2c1CC#C[Si](C(C)C)(C(C)C)C(C)C. The maximum atomic E-state index is 4.61. The number of fused-ring (bicyclic) bond motifs is 1. The lowest BCUT2D eigenvalue weighted by atomic mass is 10.0. The minimum atomic E-state index is -1.65. The number of aromatic nitrogens is 1. The van der Waals surface area contributed by atoms with Crippen LogP contribution in [-0.2, 0) is 6.42 Å². The number of pyridine rings is 1. The van der Waals surface area contributed by atoms with Gasteiger partial charge >= 0.3 is 0 Å². The van der Waals surface area contributed by atoms with Gasteiger partial charge in [-0.05, 0) is 40.7 Å². The van der Waals surface area contributed by atoms with Crippen LogP contribution < -0.4 is 0 Å². The Labute approximate surface area is 148 Å². The van der Waals surface area contributed by atoms with Gasteiger partial charge in [-0.1, -0.05) is 59.7 Å². The Kier molecular flexibility index (Phi) is 5.88. The fourth-order valence-electron chi connectivity index (χ4n) is 4.25. The first kappa shape index (κ1) is 18.7. The van der Waals surface area contributed by atoms with Crippen molar-refractivity contribution >= 4 is 19.0 Å². The van der Waals surface area contributed by atoms with Crippen molar-refractivity contribution in [3.05, 3.63) is 41.6 Å². The third-order valence-corrected chi connectivity index (χ3v) is 11.9. The van der Waals surface area contributed by atoms with Crippen molar-refractivity contribution in [1.82, 2.24) is 4.98 Å². The molecule has 0 unspecified atom stereocenters. The molecule has 0 aliphatic carbocycles. The van der Waals surface area contributed by atoms with Gasteiger partial charge in [0.25, 0.3) is 0 Å². The highest BCUT2D eigenvalue weighted by molar-refractivity contribution is 6.90. The Morgan fingerprint density at radius 2 is 1.58 bits per heavy atom. The van der Waals surface area contributed by atoms with Crippen molar-refractivity contribution < 1.29 is 0 Å². The molecule has 24 heavy (non-hydrogen) atoms. The van der Waals surface area contributed by atoms with E-state index in [4.69, 9.17) is 0 Å². The lowest BCUT2D eigenvalue weighted by molar-refractivity contribution is 0.838. The number of rotatable bonds is 4. The molecule has 2 rings (SSSR count). The normalized spacial score (nSPS) is 12.1. The molecule has 2 aromatic rings. The summed E-state index contributed by atoms with van der Waals surface area (Å²) in [4.78, 5) is 4.61. The van der Waals surface area contributed by atoms with Crippen molar-refractivity contribution in [2.24, 2.45) is 0 Å². The highest BCUT2D eigenvalue weighted by atomic mass is 28.3. The Hall–Kier alpha value is -1.59. The topological polar surface area (TPSA) is 12.9 Å². The van der Waals surface area contributed by atoms with Crippen LogP contribution in [0.15, 0.2) is 30.5 Å². The number of hydrogen-bond donors (Lipinski definition) is 0. The van der Waals surface area contributed by atoms with Crippen LogP contribution >= 0.6 is 0 Å². The van der Waals surface area contributed by atoms with Crippen molar-refractivity contribution in [3.8, 4) is 11.5 Å². The molecule has 0 saturated heterocycles. The van der Waals surface area contributed by atoms with Crippen LogP contribution in [0.25, 0.3) is 10.9 Å². The van der Waals surface area contributed by atoms with E-state index < -0.39 is 8.07 Å². The quantitative estimate of drug-likeness (QED) is 0.471. The molecule has 0 fully saturated rings. The first-order valence-electron chi connectivity index (χ1n) is 9.14. The number of nitrogens with zero attached hydrogens (tertiary/aromatic N) is 1. The molecule has 128 valence electrons. The fraction of sp³-hybridized carbons (Fsp3) is 0.500. The zero-order chi connectivity index (χ0) is 17.9. The monoisotopic (exact) mass is 337 g/mol. The van der Waals surface area contributed by atoms with Gasteiger partial charge in [0.05, 0.1) is 5.52 Å². The van der Waals surface area contributed by atoms with E-state index in [1.54, 1.807) is 0 Å². The van der Waals surface area contributed by atoms with E-state index in [0.717, 1.165) is 11.9 Å². The minimum absolute atomic E-state index is 0.678. The van der Waals surface area contributed by atoms with E-state index >= 15 is 0 Å². The van der Waals surface area contributed by atoms with Crippen molar-refractivity contribution in [1.29, 1.82) is 0 Å². The molecule has 0 spiro atoms. The van der Waals surface area contributed by atoms with E-state index in [1.807, 2.05) is 12.3 Å². The maximum Gasteiger partial charge on any atom is 0.145 e. The van der Waals surface area contributed by atoms with E-state index in [0.29, 0.717) is 16.6 Å². The van der Waals surface area contributed by atoms with E-state index in [2.05, 4.69) is 83.1 Å². The second kappa shape index (κ2) is 7.53. The van der Waals surface area contributed by atoms with Gasteiger partial charge in [-0.25, -0.2) is 0 Å². The predicted molar refractivity (Wildman–Crippen MR) is 109 cm³/mol. The summed E-state index contributed by atoms with van der Waals surface area (Å²) in [6.07, 6.45) is 2.69. The predicted octanol–water partition coefficient (Wildman–Crippen LogP) is 6.31. The fourth-order valence-corrected chi connectivity index (χ4v) is 9.51. The lowest BCUT2D eigenvalue weighted by Gasteiger charge is -2.38. The molecule has 0 bridgehead atoms. The summed E-state index contributed by atoms with van der Waals surface area (Å²) < 4.78 is 0. The van der Waals surface area contributed by atoms with Gasteiger partial charge < -0.3 is 0 Å². The molecule has 0 aliphatic rings. The standard InChI is InChI=1S/C22H31NSi/c1-16(2)24(17(3)4,18(5)6)15-9-11-21-19(7)12-13-20-10-8-14-23-22(20)21/h8,10,12-14,16-18H,11H2,1-7H3. The number of benzene rings is 1. The van der Waals surface area contributed by atoms with E-state index in [-0.39, 0.29) is 0 Å². The molecule has 1 aromatic heterocycles. The van der Waals surface area contributed by atoms with Gasteiger partial charge in [0.2, 0.25) is 0 Å². The number of aryl methyl sites for hydroxylation is 1. The van der Waals surface area contributed by atoms with Crippen molar-refractivity contribution in [2.75, 3.05) is 0 Å². The van der Waals surface area contributed by atoms with Gasteiger partial charge in [-0.3, -0.25) is 4.98 Å². The average Bonchev–Trinajstić information content (AvgIpc) is 2.52. The molecular formula is C22H31NSi. The smallest absolute Gasteiger partial charge is 0.145 e. The molecule has 1 aromatic carbocycles. The Morgan fingerprint density at radius 3 is 2.17 bits per heavy atom. The van der Waals surface area contributed by atoms with Gasteiger partial charge in [0, 0.05) is 18.0 Å². The van der Waals surface area contributed by atoms with Crippen LogP contribution in [0.5, 0.6) is 0 Å². The molecule has 0 atom stereocenters. The van der Waals surface area contributed by atoms with Crippen molar-refractivity contribution in [2.45, 2.75) is 71.5 Å². The lowest BCUT2D eigenvalue weighted by Crippen LogP contribution is -2.43. The van der Waals surface area contributed by atoms with Crippen LogP contribution in [0.4, 0.5) is 0 Å². The molecule has 1 heterocycles. The third-order valence-electron chi connectivity index (χ3n) is 5.55. The zero-order valence-corrected chi connectivity index (χ0v) is 17.3. The summed E-state index contributed by atoms with van der Waals surface area (Å²) in [6, 6.07) is 8.48. The summed E-state index contributed by atoms with van der Waals surface area (Å²) in [5, 5.41) is 1.21. The molecule has 0 radical (unpaired) electrons. The molecule has 0 amide bonds. The summed E-state index contributed by atoms with van der Waals surface area (Å²) in [5.74, 6) is 3.59. The number of hydrogen-bond acceptors (Lipinski definition) is 1. The van der Waals surface area contributed by atoms with Crippen LogP contribution in [0.1, 0.15) is 52.7 Å². The second-order valence-electron chi connectivity index (χ2n) is 7.81. The summed E-state index contributed by atoms with van der Waals surface area (Å²) in [6.45, 7) is 16.4. The Bertz CT molecular complexity index is 741. The highest BCUT2D eigenvalue weighted by Gasteiger charge is 2.41. The van der Waals surface area contributed by atoms with Gasteiger partial charge in [0.15, 0.2) is 0 Å². The first-order valence-corrected chi connectivity index (χ1v) is 11.4. The Morgan fingerprint density at radius 1 is 0.958 bits per heavy atom. The van der Waals surface area contributed by atoms with E-state index in [1.165, 1.54) is 16.5 Å². The zero-order valence-electron chi connectivity index (χ0n) is 16.3. The Balaban J connectivity index is 2.44. The maximum absolute atomic E-state index is 4.61. The molecular weight excluding hydrogens is 306 g/mol. The largest absolute Gasteiger partial charge is 0.256 e. The van der Waals surface area contributed by atoms with Crippen LogP contribution in [0, 0.1) is 18.4 Å². The van der Waals surface area contributed by atoms with Crippen molar-refractivity contribution in [3.63, 3.8) is 0 Å². The average molecular weight is 338 g/mol. The van der Waals surface area contributed by atoms with Gasteiger partial charge in [0.1, 0.15) is 8.07 Å². The summed E-state index contributed by atoms with van der Waals surface area (Å²) >= 11 is 0. The van der Waals surface area contributed by atoms with Crippen LogP contribution in [-0.4, -0.2) is 13.1 Å². The van der Waals surface area contributed by atoms with Crippen LogP contribution in [0.2, 0.25) is 16.6 Å². The molecule has 0 saturated carbocycles. The molecule has 1 nitrogen and oxygen atoms in total. The molecule has 2 heteroatoms. The molecule has 0 aliphatic heterocycles. The van der Waals surface area contributed by atoms with Gasteiger partial charge in [-0.2, -0.15) is 0 Å².